The first-order chi connectivity index (χ1) is 13.1. The topological polar surface area (TPSA) is 0 Å². The van der Waals surface area contributed by atoms with E-state index in [-0.39, 0.29) is 11.5 Å². The van der Waals surface area contributed by atoms with Crippen LogP contribution in [0.1, 0.15) is 61.1 Å². The molecule has 3 rings (SSSR count). The molecule has 0 aliphatic heterocycles. The monoisotopic (exact) mass is 384 g/mol. The van der Waals surface area contributed by atoms with Crippen molar-refractivity contribution in [2.75, 3.05) is 0 Å². The number of hydrogen-bond donors (Lipinski definition) is 0. The third-order valence-electron chi connectivity index (χ3n) is 5.34. The minimum absolute atomic E-state index is 0.173. The lowest BCUT2D eigenvalue weighted by Gasteiger charge is -2.28. The molecule has 1 fully saturated rings. The van der Waals surface area contributed by atoms with Gasteiger partial charge < -0.3 is 0 Å². The fourth-order valence-corrected chi connectivity index (χ4v) is 3.88. The summed E-state index contributed by atoms with van der Waals surface area (Å²) in [6.45, 7) is 3.77. The summed E-state index contributed by atoms with van der Waals surface area (Å²) in [6, 6.07) is 9.78. The number of benzene rings is 2. The number of hydrogen-bond acceptors (Lipinski definition) is 0. The zero-order valence-electron chi connectivity index (χ0n) is 15.3. The van der Waals surface area contributed by atoms with E-state index in [0.717, 1.165) is 44.1 Å². The molecule has 140 valence electrons. The highest BCUT2D eigenvalue weighted by atomic mass is 35.5. The van der Waals surface area contributed by atoms with Gasteiger partial charge in [-0.2, -0.15) is 0 Å². The Kier molecular flexibility index (Phi) is 6.69. The van der Waals surface area contributed by atoms with Crippen molar-refractivity contribution in [2.45, 2.75) is 44.4 Å². The van der Waals surface area contributed by atoms with E-state index in [0.29, 0.717) is 16.5 Å². The summed E-state index contributed by atoms with van der Waals surface area (Å²) in [5.74, 6) is 5.19. The molecule has 0 saturated heterocycles. The predicted molar refractivity (Wildman–Crippen MR) is 108 cm³/mol. The average molecular weight is 385 g/mol. The number of allylic oxidation sites excluding steroid dienone is 1. The molecule has 0 spiro atoms. The van der Waals surface area contributed by atoms with Crippen molar-refractivity contribution < 1.29 is 8.78 Å². The van der Waals surface area contributed by atoms with Gasteiger partial charge in [-0.25, -0.2) is 8.78 Å². The van der Waals surface area contributed by atoms with Crippen molar-refractivity contribution in [1.29, 1.82) is 0 Å². The predicted octanol–water partition coefficient (Wildman–Crippen LogP) is 7.26. The van der Waals surface area contributed by atoms with Gasteiger partial charge in [0.15, 0.2) is 0 Å². The molecule has 2 aromatic carbocycles. The summed E-state index contributed by atoms with van der Waals surface area (Å²) in [5, 5.41) is 0.599. The summed E-state index contributed by atoms with van der Waals surface area (Å²) < 4.78 is 29.0. The van der Waals surface area contributed by atoms with Gasteiger partial charge in [0.05, 0.1) is 5.56 Å². The maximum atomic E-state index is 14.5. The minimum atomic E-state index is -0.583. The number of halogens is 3. The highest BCUT2D eigenvalue weighted by Crippen LogP contribution is 2.38. The van der Waals surface area contributed by atoms with Gasteiger partial charge in [0.25, 0.3) is 0 Å². The molecule has 0 atom stereocenters. The van der Waals surface area contributed by atoms with E-state index in [4.69, 9.17) is 11.6 Å². The Morgan fingerprint density at radius 2 is 1.63 bits per heavy atom. The molecule has 0 unspecified atom stereocenters. The van der Waals surface area contributed by atoms with Crippen LogP contribution in [0.15, 0.2) is 49.1 Å². The fourth-order valence-electron chi connectivity index (χ4n) is 3.75. The lowest BCUT2D eigenvalue weighted by molar-refractivity contribution is 0.311. The van der Waals surface area contributed by atoms with Crippen LogP contribution in [0.2, 0.25) is 5.02 Å². The van der Waals surface area contributed by atoms with Crippen LogP contribution in [0, 0.1) is 29.4 Å². The smallest absolute Gasteiger partial charge is 0.142 e. The molecule has 0 radical (unpaired) electrons. The lowest BCUT2D eigenvalue weighted by atomic mass is 9.77. The summed E-state index contributed by atoms with van der Waals surface area (Å²) in [4.78, 5) is 0. The van der Waals surface area contributed by atoms with Gasteiger partial charge in [-0.1, -0.05) is 29.5 Å². The van der Waals surface area contributed by atoms with Gasteiger partial charge in [0.2, 0.25) is 0 Å². The van der Waals surface area contributed by atoms with E-state index in [1.807, 2.05) is 6.08 Å². The molecule has 0 N–H and O–H groups in total. The van der Waals surface area contributed by atoms with Crippen LogP contribution < -0.4 is 0 Å². The average Bonchev–Trinajstić information content (AvgIpc) is 2.67. The van der Waals surface area contributed by atoms with E-state index in [1.165, 1.54) is 12.1 Å². The molecule has 1 aliphatic rings. The summed E-state index contributed by atoms with van der Waals surface area (Å²) in [5.41, 5.74) is 1.25. The molecule has 0 heterocycles. The minimum Gasteiger partial charge on any atom is -0.206 e. The quantitative estimate of drug-likeness (QED) is 0.384. The fraction of sp³-hybridized carbons (Fsp3) is 0.333. The number of rotatable bonds is 4. The molecule has 27 heavy (non-hydrogen) atoms. The molecule has 3 heteroatoms. The van der Waals surface area contributed by atoms with Crippen molar-refractivity contribution in [3.63, 3.8) is 0 Å². The van der Waals surface area contributed by atoms with Crippen LogP contribution in [0.25, 0.3) is 0 Å². The maximum Gasteiger partial charge on any atom is 0.142 e. The second-order valence-electron chi connectivity index (χ2n) is 7.20. The van der Waals surface area contributed by atoms with Crippen molar-refractivity contribution in [3.05, 3.63) is 82.4 Å². The molecule has 0 aromatic heterocycles. The van der Waals surface area contributed by atoms with Crippen molar-refractivity contribution in [1.82, 2.24) is 0 Å². The highest BCUT2D eigenvalue weighted by Gasteiger charge is 2.23. The van der Waals surface area contributed by atoms with Crippen molar-refractivity contribution >= 4 is 11.6 Å². The summed E-state index contributed by atoms with van der Waals surface area (Å²) in [6.07, 6.45) is 8.35. The first kappa shape index (κ1) is 19.6. The van der Waals surface area contributed by atoms with E-state index in [2.05, 4.69) is 18.4 Å². The Bertz CT molecular complexity index is 827. The van der Waals surface area contributed by atoms with Gasteiger partial charge in [0.1, 0.15) is 11.6 Å². The molecule has 0 amide bonds. The van der Waals surface area contributed by atoms with Gasteiger partial charge in [-0.3, -0.25) is 0 Å². The lowest BCUT2D eigenvalue weighted by Crippen LogP contribution is -2.14. The zero-order chi connectivity index (χ0) is 19.2. The summed E-state index contributed by atoms with van der Waals surface area (Å²) >= 11 is 5.83. The molecule has 1 aliphatic carbocycles. The van der Waals surface area contributed by atoms with Crippen LogP contribution in [-0.2, 0) is 0 Å². The van der Waals surface area contributed by atoms with E-state index >= 15 is 0 Å². The van der Waals surface area contributed by atoms with Gasteiger partial charge >= 0.3 is 0 Å². The van der Waals surface area contributed by atoms with Crippen LogP contribution in [0.5, 0.6) is 0 Å². The second-order valence-corrected chi connectivity index (χ2v) is 7.64. The Balaban J connectivity index is 1.72. The first-order valence-electron chi connectivity index (χ1n) is 9.44. The zero-order valence-corrected chi connectivity index (χ0v) is 16.0. The standard InChI is InChI=1S/C24H23ClF2/c1-2-3-4-17-5-10-19(11-6-17)20-15-23(26)22(24(27)16-20)14-9-18-7-12-21(25)13-8-18/h2,7-8,12-13,15-17,19H,1,3-6,10-11H2. The SMILES string of the molecule is C=CCCC1CCC(c2cc(F)c(C#Cc3ccc(Cl)cc3)c(F)c2)CC1. The van der Waals surface area contributed by atoms with E-state index in [9.17, 15) is 8.78 Å². The third kappa shape index (κ3) is 5.21. The molecular formula is C24H23ClF2. The third-order valence-corrected chi connectivity index (χ3v) is 5.59. The first-order valence-corrected chi connectivity index (χ1v) is 9.82. The largest absolute Gasteiger partial charge is 0.206 e. The Morgan fingerprint density at radius 1 is 1.00 bits per heavy atom. The highest BCUT2D eigenvalue weighted by molar-refractivity contribution is 6.30. The molecule has 1 saturated carbocycles. The summed E-state index contributed by atoms with van der Waals surface area (Å²) in [7, 11) is 0. The Hall–Kier alpha value is -2.11. The van der Waals surface area contributed by atoms with Crippen LogP contribution in [0.3, 0.4) is 0 Å². The van der Waals surface area contributed by atoms with Crippen molar-refractivity contribution in [2.24, 2.45) is 5.92 Å². The normalized spacial score (nSPS) is 19.2. The maximum absolute atomic E-state index is 14.5. The second kappa shape index (κ2) is 9.20. The van der Waals surface area contributed by atoms with Crippen molar-refractivity contribution in [3.8, 4) is 11.8 Å². The van der Waals surface area contributed by atoms with Gasteiger partial charge in [-0.05, 0) is 92.3 Å². The molecule has 0 bridgehead atoms. The van der Waals surface area contributed by atoms with E-state index in [1.54, 1.807) is 24.3 Å². The van der Waals surface area contributed by atoms with Gasteiger partial charge in [0, 0.05) is 10.6 Å². The van der Waals surface area contributed by atoms with Crippen LogP contribution >= 0.6 is 11.6 Å². The molecular weight excluding hydrogens is 362 g/mol. The Labute approximate surface area is 165 Å². The van der Waals surface area contributed by atoms with Crippen LogP contribution in [0.4, 0.5) is 8.78 Å². The molecule has 0 nitrogen and oxygen atoms in total. The van der Waals surface area contributed by atoms with E-state index < -0.39 is 11.6 Å². The van der Waals surface area contributed by atoms with Crippen LogP contribution in [-0.4, -0.2) is 0 Å². The van der Waals surface area contributed by atoms with Gasteiger partial charge in [-0.15, -0.1) is 6.58 Å². The Morgan fingerprint density at radius 3 is 2.22 bits per heavy atom. The molecule has 2 aromatic rings.